The Kier molecular flexibility index (Phi) is 12.0. The molecule has 0 saturated heterocycles. The number of hydrogen-bond acceptors (Lipinski definition) is 4. The van der Waals surface area contributed by atoms with E-state index in [2.05, 4.69) is 52.0 Å². The molecule has 41 heavy (non-hydrogen) atoms. The molecule has 0 bridgehead atoms. The summed E-state index contributed by atoms with van der Waals surface area (Å²) in [6.07, 6.45) is 0.228. The first-order valence-corrected chi connectivity index (χ1v) is 16.0. The van der Waals surface area contributed by atoms with Crippen molar-refractivity contribution in [2.75, 3.05) is 0 Å². The van der Waals surface area contributed by atoms with Gasteiger partial charge in [0.2, 0.25) is 0 Å². The number of amides is 1. The maximum atomic E-state index is 13.0. The molecule has 0 heterocycles. The highest BCUT2D eigenvalue weighted by Gasteiger charge is 2.51. The SMILES string of the molecule is CCCC[C@@H](/C=C/C[C@H](NC(=O)C(F)(F)F)C(=O)OC(C)(C)C)O[Si](c1ccccc1)(c1ccccc1)C(C)(C)C. The van der Waals surface area contributed by atoms with E-state index in [9.17, 15) is 22.8 Å². The lowest BCUT2D eigenvalue weighted by molar-refractivity contribution is -0.177. The topological polar surface area (TPSA) is 64.6 Å². The smallest absolute Gasteiger partial charge is 0.458 e. The predicted octanol–water partition coefficient (Wildman–Crippen LogP) is 6.46. The highest BCUT2D eigenvalue weighted by Crippen LogP contribution is 2.38. The van der Waals surface area contributed by atoms with Crippen LogP contribution in [0.25, 0.3) is 0 Å². The molecule has 0 unspecified atom stereocenters. The highest BCUT2D eigenvalue weighted by atomic mass is 28.4. The summed E-state index contributed by atoms with van der Waals surface area (Å²) in [6, 6.07) is 18.8. The molecule has 2 rings (SSSR count). The van der Waals surface area contributed by atoms with E-state index in [0.717, 1.165) is 23.2 Å². The number of carbonyl (C=O) groups excluding carboxylic acids is 2. The Bertz CT molecular complexity index is 1100. The van der Waals surface area contributed by atoms with Crippen LogP contribution in [0.4, 0.5) is 13.2 Å². The number of ether oxygens (including phenoxy) is 1. The molecule has 1 amide bonds. The van der Waals surface area contributed by atoms with E-state index in [1.807, 2.05) is 42.5 Å². The fourth-order valence-electron chi connectivity index (χ4n) is 4.71. The second-order valence-electron chi connectivity index (χ2n) is 12.2. The van der Waals surface area contributed by atoms with Gasteiger partial charge in [-0.2, -0.15) is 13.2 Å². The van der Waals surface area contributed by atoms with Gasteiger partial charge in [-0.15, -0.1) is 0 Å². The summed E-state index contributed by atoms with van der Waals surface area (Å²) in [6.45, 7) is 13.4. The minimum Gasteiger partial charge on any atom is -0.458 e. The van der Waals surface area contributed by atoms with Crippen LogP contribution >= 0.6 is 0 Å². The third-order valence-electron chi connectivity index (χ3n) is 6.56. The van der Waals surface area contributed by atoms with Gasteiger partial charge in [0, 0.05) is 0 Å². The van der Waals surface area contributed by atoms with E-state index in [-0.39, 0.29) is 17.6 Å². The van der Waals surface area contributed by atoms with Crippen molar-refractivity contribution in [3.8, 4) is 0 Å². The molecule has 0 aliphatic rings. The van der Waals surface area contributed by atoms with Gasteiger partial charge < -0.3 is 14.5 Å². The number of rotatable bonds is 12. The van der Waals surface area contributed by atoms with Crippen molar-refractivity contribution in [1.29, 1.82) is 0 Å². The average molecular weight is 592 g/mol. The molecule has 0 aliphatic heterocycles. The second kappa shape index (κ2) is 14.3. The number of esters is 1. The van der Waals surface area contributed by atoms with Crippen molar-refractivity contribution in [3.05, 3.63) is 72.8 Å². The summed E-state index contributed by atoms with van der Waals surface area (Å²) < 4.78 is 51.6. The van der Waals surface area contributed by atoms with Crippen LogP contribution in [0.1, 0.15) is 74.1 Å². The zero-order valence-corrected chi connectivity index (χ0v) is 26.2. The fourth-order valence-corrected chi connectivity index (χ4v) is 9.38. The lowest BCUT2D eigenvalue weighted by atomic mass is 10.1. The summed E-state index contributed by atoms with van der Waals surface area (Å²) in [5.41, 5.74) is -0.932. The molecule has 5 nitrogen and oxygen atoms in total. The van der Waals surface area contributed by atoms with Crippen LogP contribution in [0.2, 0.25) is 5.04 Å². The zero-order valence-electron chi connectivity index (χ0n) is 25.2. The van der Waals surface area contributed by atoms with Gasteiger partial charge in [0.05, 0.1) is 6.10 Å². The first kappa shape index (κ1) is 34.3. The standard InChI is InChI=1S/C32H44F3NO4Si/c1-8-9-17-24(18-16-23-27(28(37)39-30(2,3)4)36-29(38)32(33,34)35)40-41(31(5,6)7,25-19-12-10-13-20-25)26-21-14-11-15-22-26/h10-16,18-22,24,27H,8-9,17,23H2,1-7H3,(H,36,38)/b18-16+/t24-,27-/m0/s1. The molecule has 2 aromatic carbocycles. The van der Waals surface area contributed by atoms with Crippen molar-refractivity contribution in [1.82, 2.24) is 5.32 Å². The lowest BCUT2D eigenvalue weighted by Crippen LogP contribution is -2.67. The van der Waals surface area contributed by atoms with Crippen LogP contribution in [-0.4, -0.2) is 44.1 Å². The molecule has 2 aromatic rings. The van der Waals surface area contributed by atoms with Gasteiger partial charge in [-0.05, 0) is 49.0 Å². The Morgan fingerprint density at radius 2 is 1.41 bits per heavy atom. The van der Waals surface area contributed by atoms with Crippen LogP contribution in [0, 0.1) is 0 Å². The van der Waals surface area contributed by atoms with Crippen LogP contribution in [-0.2, 0) is 18.8 Å². The van der Waals surface area contributed by atoms with E-state index >= 15 is 0 Å². The van der Waals surface area contributed by atoms with E-state index in [1.54, 1.807) is 32.2 Å². The van der Waals surface area contributed by atoms with Gasteiger partial charge in [0.25, 0.3) is 8.32 Å². The molecular formula is C32H44F3NO4Si. The van der Waals surface area contributed by atoms with Gasteiger partial charge in [-0.1, -0.05) is 113 Å². The predicted molar refractivity (Wildman–Crippen MR) is 160 cm³/mol. The summed E-state index contributed by atoms with van der Waals surface area (Å²) in [7, 11) is -2.91. The zero-order chi connectivity index (χ0) is 30.9. The number of alkyl halides is 3. The van der Waals surface area contributed by atoms with Crippen LogP contribution in [0.5, 0.6) is 0 Å². The molecular weight excluding hydrogens is 547 g/mol. The number of benzene rings is 2. The molecule has 1 N–H and O–H groups in total. The third-order valence-corrected chi connectivity index (χ3v) is 11.6. The molecule has 226 valence electrons. The van der Waals surface area contributed by atoms with Gasteiger partial charge >= 0.3 is 18.1 Å². The molecule has 2 atom stereocenters. The third kappa shape index (κ3) is 9.85. The second-order valence-corrected chi connectivity index (χ2v) is 16.4. The summed E-state index contributed by atoms with van der Waals surface area (Å²) in [5, 5.41) is 3.75. The number of nitrogens with one attached hydrogen (secondary N) is 1. The Hall–Kier alpha value is -2.91. The van der Waals surface area contributed by atoms with E-state index < -0.39 is 38.0 Å². The summed E-state index contributed by atoms with van der Waals surface area (Å²) >= 11 is 0. The Morgan fingerprint density at radius 1 is 0.902 bits per heavy atom. The van der Waals surface area contributed by atoms with E-state index in [1.165, 1.54) is 0 Å². The Labute approximate surface area is 243 Å². The lowest BCUT2D eigenvalue weighted by Gasteiger charge is -2.45. The maximum absolute atomic E-state index is 13.0. The highest BCUT2D eigenvalue weighted by molar-refractivity contribution is 6.99. The number of hydrogen-bond donors (Lipinski definition) is 1. The van der Waals surface area contributed by atoms with Crippen molar-refractivity contribution in [3.63, 3.8) is 0 Å². The molecule has 0 saturated carbocycles. The maximum Gasteiger partial charge on any atom is 0.471 e. The van der Waals surface area contributed by atoms with Crippen LogP contribution < -0.4 is 15.7 Å². The van der Waals surface area contributed by atoms with Crippen LogP contribution in [0.3, 0.4) is 0 Å². The number of carbonyl (C=O) groups is 2. The van der Waals surface area contributed by atoms with Gasteiger partial charge in [-0.25, -0.2) is 4.79 Å². The van der Waals surface area contributed by atoms with Gasteiger partial charge in [0.1, 0.15) is 11.6 Å². The van der Waals surface area contributed by atoms with Crippen molar-refractivity contribution >= 4 is 30.6 Å². The molecule has 9 heteroatoms. The minimum absolute atomic E-state index is 0.177. The number of unbranched alkanes of at least 4 members (excludes halogenated alkanes) is 1. The summed E-state index contributed by atoms with van der Waals surface area (Å²) in [5.74, 6) is -3.12. The fraction of sp³-hybridized carbons (Fsp3) is 0.500. The molecule has 0 aliphatic carbocycles. The minimum atomic E-state index is -5.12. The number of halogens is 3. The van der Waals surface area contributed by atoms with Crippen LogP contribution in [0.15, 0.2) is 72.8 Å². The van der Waals surface area contributed by atoms with Gasteiger partial charge in [0.15, 0.2) is 0 Å². The first-order valence-electron chi connectivity index (χ1n) is 14.1. The molecule has 0 fully saturated rings. The van der Waals surface area contributed by atoms with Crippen molar-refractivity contribution in [2.24, 2.45) is 0 Å². The Morgan fingerprint density at radius 3 is 1.83 bits per heavy atom. The molecule has 0 aromatic heterocycles. The average Bonchev–Trinajstić information content (AvgIpc) is 2.87. The van der Waals surface area contributed by atoms with E-state index in [0.29, 0.717) is 6.42 Å². The summed E-state index contributed by atoms with van der Waals surface area (Å²) in [4.78, 5) is 24.4. The monoisotopic (exact) mass is 591 g/mol. The molecule has 0 radical (unpaired) electrons. The van der Waals surface area contributed by atoms with Crippen molar-refractivity contribution in [2.45, 2.75) is 103 Å². The quantitative estimate of drug-likeness (QED) is 0.175. The van der Waals surface area contributed by atoms with Crippen molar-refractivity contribution < 1.29 is 31.9 Å². The van der Waals surface area contributed by atoms with E-state index in [4.69, 9.17) is 9.16 Å². The molecule has 0 spiro atoms. The largest absolute Gasteiger partial charge is 0.471 e. The first-order chi connectivity index (χ1) is 19.0. The Balaban J connectivity index is 2.49. The normalized spacial score (nSPS) is 14.5. The van der Waals surface area contributed by atoms with Gasteiger partial charge in [-0.3, -0.25) is 4.79 Å².